The zero-order valence-corrected chi connectivity index (χ0v) is 35.3. The largest absolute Gasteiger partial charge is 0.501 e. The molecule has 9 rings (SSSR count). The van der Waals surface area contributed by atoms with Gasteiger partial charge >= 0.3 is 0 Å². The minimum absolute atomic E-state index is 0.285. The summed E-state index contributed by atoms with van der Waals surface area (Å²) in [6.45, 7) is 17.0. The number of aromatic nitrogens is 2. The van der Waals surface area contributed by atoms with Gasteiger partial charge < -0.3 is 18.6 Å². The van der Waals surface area contributed by atoms with Crippen molar-refractivity contribution in [2.75, 3.05) is 14.2 Å². The second kappa shape index (κ2) is 15.6. The van der Waals surface area contributed by atoms with E-state index in [4.69, 9.17) is 9.47 Å². The third-order valence-corrected chi connectivity index (χ3v) is 12.5. The van der Waals surface area contributed by atoms with Crippen LogP contribution in [0.4, 0.5) is 0 Å². The van der Waals surface area contributed by atoms with Crippen LogP contribution in [0.25, 0.3) is 82.8 Å². The van der Waals surface area contributed by atoms with E-state index in [9.17, 15) is 0 Å². The Hall–Kier alpha value is -7.04. The molecule has 0 radical (unpaired) electrons. The lowest BCUT2D eigenvalue weighted by atomic mass is 9.72. The number of hydrogen-bond acceptors (Lipinski definition) is 2. The van der Waals surface area contributed by atoms with Gasteiger partial charge in [-0.2, -0.15) is 0 Å². The fraction of sp³-hybridized carbons (Fsp3) is 0.143. The molecule has 60 heavy (non-hydrogen) atoms. The number of rotatable bonds is 10. The van der Waals surface area contributed by atoms with E-state index in [0.717, 1.165) is 56.2 Å². The van der Waals surface area contributed by atoms with Crippen molar-refractivity contribution in [3.05, 3.63) is 193 Å². The van der Waals surface area contributed by atoms with Gasteiger partial charge in [0.05, 0.1) is 42.0 Å². The number of benzene rings is 6. The average molecular weight is 783 g/mol. The van der Waals surface area contributed by atoms with Crippen molar-refractivity contribution < 1.29 is 9.47 Å². The van der Waals surface area contributed by atoms with Gasteiger partial charge in [-0.3, -0.25) is 0 Å². The fourth-order valence-corrected chi connectivity index (χ4v) is 9.35. The van der Waals surface area contributed by atoms with Crippen molar-refractivity contribution in [3.8, 4) is 33.7 Å². The number of para-hydroxylation sites is 1. The zero-order valence-electron chi connectivity index (χ0n) is 35.3. The molecule has 1 aliphatic carbocycles. The van der Waals surface area contributed by atoms with Crippen molar-refractivity contribution in [3.63, 3.8) is 0 Å². The van der Waals surface area contributed by atoms with Gasteiger partial charge in [-0.05, 0) is 161 Å². The highest BCUT2D eigenvalue weighted by molar-refractivity contribution is 6.15. The van der Waals surface area contributed by atoms with Crippen LogP contribution in [0.5, 0.6) is 5.75 Å². The van der Waals surface area contributed by atoms with Gasteiger partial charge in [0.2, 0.25) is 0 Å². The number of ether oxygens (including phenoxy) is 2. The van der Waals surface area contributed by atoms with Crippen LogP contribution in [0.3, 0.4) is 0 Å². The molecule has 4 nitrogen and oxygen atoms in total. The summed E-state index contributed by atoms with van der Waals surface area (Å²) in [6.07, 6.45) is 14.2. The molecule has 0 saturated carbocycles. The van der Waals surface area contributed by atoms with Gasteiger partial charge in [-0.1, -0.05) is 93.8 Å². The Morgan fingerprint density at radius 2 is 1.28 bits per heavy atom. The third-order valence-electron chi connectivity index (χ3n) is 12.5. The van der Waals surface area contributed by atoms with Crippen LogP contribution in [0.15, 0.2) is 177 Å². The standard InChI is InChI=1S/C56H50N2O2/c1-9-16-38(27-35(4)59-7)40-23-25-53-49(29-40)51-31-45-36(5)37(6)46-32-52-50-30-41(39-19-15-22-44(28-39)60-8)24-26-54(50)58(43-20-13-12-14-21-43)56(52)34-48(46)47(45)33-55(51)57(53)42(17-10-2)18-11-3/h9-34,36-37H,1-2H2,3-8H3/b18-11-,35-27+,38-16+,42-17+. The Balaban J connectivity index is 1.34. The molecular weight excluding hydrogens is 733 g/mol. The van der Waals surface area contributed by atoms with Crippen LogP contribution >= 0.6 is 0 Å². The summed E-state index contributed by atoms with van der Waals surface area (Å²) in [4.78, 5) is 0. The van der Waals surface area contributed by atoms with E-state index in [1.54, 1.807) is 14.2 Å². The van der Waals surface area contributed by atoms with E-state index in [1.165, 1.54) is 54.8 Å². The lowest BCUT2D eigenvalue weighted by Gasteiger charge is -2.32. The highest BCUT2D eigenvalue weighted by Gasteiger charge is 2.31. The molecule has 0 N–H and O–H groups in total. The quantitative estimate of drug-likeness (QED) is 0.102. The summed E-state index contributed by atoms with van der Waals surface area (Å²) in [7, 11) is 3.43. The normalized spacial score (nSPS) is 15.9. The van der Waals surface area contributed by atoms with Crippen LogP contribution < -0.4 is 4.74 Å². The second-order valence-corrected chi connectivity index (χ2v) is 15.8. The Kier molecular flexibility index (Phi) is 10.0. The van der Waals surface area contributed by atoms with Crippen molar-refractivity contribution in [2.45, 2.75) is 39.5 Å². The fourth-order valence-electron chi connectivity index (χ4n) is 9.35. The van der Waals surface area contributed by atoms with Crippen LogP contribution in [0.1, 0.15) is 56.2 Å². The molecule has 0 saturated heterocycles. The Bertz CT molecular complexity index is 3150. The minimum atomic E-state index is 0.285. The van der Waals surface area contributed by atoms with E-state index >= 15 is 0 Å². The molecule has 4 heteroatoms. The van der Waals surface area contributed by atoms with Crippen LogP contribution in [0, 0.1) is 0 Å². The second-order valence-electron chi connectivity index (χ2n) is 15.8. The Labute approximate surface area is 353 Å². The maximum atomic E-state index is 5.61. The molecule has 296 valence electrons. The summed E-state index contributed by atoms with van der Waals surface area (Å²) < 4.78 is 16.0. The SMILES string of the molecule is C=C/C=C(\C=C(/C)OC)c1ccc2c(c1)c1cc3c(cc1n2C(/C=C\C)=C/C=C)-c1cc2c(cc1C(C)C3C)c1cc(-c3cccc(OC)c3)ccc1n2-c1ccccc1. The molecule has 6 aromatic carbocycles. The van der Waals surface area contributed by atoms with Gasteiger partial charge in [-0.25, -0.2) is 0 Å². The number of nitrogens with zero attached hydrogens (tertiary/aromatic N) is 2. The third kappa shape index (κ3) is 6.31. The molecular formula is C56H50N2O2. The van der Waals surface area contributed by atoms with Crippen molar-refractivity contribution in [1.82, 2.24) is 9.13 Å². The Morgan fingerprint density at radius 1 is 0.633 bits per heavy atom. The molecule has 0 amide bonds. The summed E-state index contributed by atoms with van der Waals surface area (Å²) in [5, 5.41) is 4.91. The zero-order chi connectivity index (χ0) is 41.7. The van der Waals surface area contributed by atoms with E-state index in [1.807, 2.05) is 31.2 Å². The summed E-state index contributed by atoms with van der Waals surface area (Å²) in [5.41, 5.74) is 16.6. The first-order valence-electron chi connectivity index (χ1n) is 20.7. The lowest BCUT2D eigenvalue weighted by Crippen LogP contribution is -2.13. The Morgan fingerprint density at radius 3 is 1.97 bits per heavy atom. The maximum absolute atomic E-state index is 5.61. The molecule has 0 bridgehead atoms. The molecule has 0 fully saturated rings. The summed E-state index contributed by atoms with van der Waals surface area (Å²) in [6, 6.07) is 42.6. The maximum Gasteiger partial charge on any atom is 0.119 e. The molecule has 2 aromatic heterocycles. The number of methoxy groups -OCH3 is 2. The molecule has 1 aliphatic rings. The lowest BCUT2D eigenvalue weighted by molar-refractivity contribution is 0.294. The first-order chi connectivity index (χ1) is 29.3. The highest BCUT2D eigenvalue weighted by Crippen LogP contribution is 2.51. The first kappa shape index (κ1) is 38.5. The van der Waals surface area contributed by atoms with Crippen LogP contribution in [0.2, 0.25) is 0 Å². The van der Waals surface area contributed by atoms with Gasteiger partial charge in [0.25, 0.3) is 0 Å². The molecule has 0 spiro atoms. The molecule has 0 aliphatic heterocycles. The van der Waals surface area contributed by atoms with Crippen LogP contribution in [-0.4, -0.2) is 23.4 Å². The average Bonchev–Trinajstić information content (AvgIpc) is 3.78. The monoisotopic (exact) mass is 782 g/mol. The van der Waals surface area contributed by atoms with Gasteiger partial charge in [0.1, 0.15) is 5.75 Å². The number of hydrogen-bond donors (Lipinski definition) is 0. The van der Waals surface area contributed by atoms with Crippen molar-refractivity contribution >= 4 is 54.9 Å². The van der Waals surface area contributed by atoms with Crippen molar-refractivity contribution in [1.29, 1.82) is 0 Å². The van der Waals surface area contributed by atoms with Gasteiger partial charge in [-0.15, -0.1) is 0 Å². The predicted molar refractivity (Wildman–Crippen MR) is 256 cm³/mol. The number of allylic oxidation sites excluding steroid dienone is 10. The first-order valence-corrected chi connectivity index (χ1v) is 20.7. The van der Waals surface area contributed by atoms with Crippen molar-refractivity contribution in [2.24, 2.45) is 0 Å². The smallest absolute Gasteiger partial charge is 0.119 e. The molecule has 8 aromatic rings. The highest BCUT2D eigenvalue weighted by atomic mass is 16.5. The molecule has 2 unspecified atom stereocenters. The van der Waals surface area contributed by atoms with E-state index < -0.39 is 0 Å². The minimum Gasteiger partial charge on any atom is -0.501 e. The topological polar surface area (TPSA) is 28.3 Å². The summed E-state index contributed by atoms with van der Waals surface area (Å²) in [5.74, 6) is 2.26. The predicted octanol–water partition coefficient (Wildman–Crippen LogP) is 15.2. The van der Waals surface area contributed by atoms with Gasteiger partial charge in [0.15, 0.2) is 0 Å². The van der Waals surface area contributed by atoms with Gasteiger partial charge in [0, 0.05) is 32.9 Å². The van der Waals surface area contributed by atoms with Crippen LogP contribution in [-0.2, 0) is 4.74 Å². The van der Waals surface area contributed by atoms with E-state index in [2.05, 4.69) is 177 Å². The van der Waals surface area contributed by atoms with E-state index in [-0.39, 0.29) is 5.92 Å². The summed E-state index contributed by atoms with van der Waals surface area (Å²) >= 11 is 0. The van der Waals surface area contributed by atoms with E-state index in [0.29, 0.717) is 5.92 Å². The molecule has 2 heterocycles. The number of fused-ring (bicyclic) bond motifs is 9. The molecule has 2 atom stereocenters.